The normalized spacial score (nSPS) is 9.61. The monoisotopic (exact) mass is 319 g/mol. The molecule has 0 aliphatic rings. The number of rotatable bonds is 6. The Kier molecular flexibility index (Phi) is 7.91. The molecule has 1 heterocycles. The molecule has 7 nitrogen and oxygen atoms in total. The van der Waals surface area contributed by atoms with Gasteiger partial charge >= 0.3 is 11.9 Å². The second kappa shape index (κ2) is 9.99. The smallest absolute Gasteiger partial charge is 0.414 e. The fourth-order valence-corrected chi connectivity index (χ4v) is 1.83. The standard InChI is InChI=1S/C14H19N3.C2H2O4/c1-2-12-5-3-6-13(9-12)16-8-4-7-14-10-15-11-17-14;3-1(4)2(5)6/h3,5-6,9-11,16H,2,4,7-8H2,1H3,(H,15,17);(H,3,4)(H,5,6). The Morgan fingerprint density at radius 1 is 1.26 bits per heavy atom. The third kappa shape index (κ3) is 7.66. The van der Waals surface area contributed by atoms with E-state index in [0.29, 0.717) is 0 Å². The van der Waals surface area contributed by atoms with Crippen molar-refractivity contribution in [1.82, 2.24) is 9.97 Å². The number of nitrogens with zero attached hydrogens (tertiary/aromatic N) is 1. The highest BCUT2D eigenvalue weighted by Gasteiger charge is 2.04. The molecule has 0 saturated heterocycles. The molecule has 0 bridgehead atoms. The molecule has 0 atom stereocenters. The Balaban J connectivity index is 0.000000379. The summed E-state index contributed by atoms with van der Waals surface area (Å²) in [5.74, 6) is -3.65. The third-order valence-corrected chi connectivity index (χ3v) is 3.01. The van der Waals surface area contributed by atoms with Crippen molar-refractivity contribution in [1.29, 1.82) is 0 Å². The summed E-state index contributed by atoms with van der Waals surface area (Å²) in [6.07, 6.45) is 6.89. The van der Waals surface area contributed by atoms with Gasteiger partial charge in [-0.15, -0.1) is 0 Å². The Morgan fingerprint density at radius 3 is 2.57 bits per heavy atom. The predicted octanol–water partition coefficient (Wildman–Crippen LogP) is 2.17. The van der Waals surface area contributed by atoms with Gasteiger partial charge in [-0.05, 0) is 37.0 Å². The zero-order valence-corrected chi connectivity index (χ0v) is 13.0. The number of carboxylic acids is 2. The van der Waals surface area contributed by atoms with E-state index in [0.717, 1.165) is 31.5 Å². The average Bonchev–Trinajstić information content (AvgIpc) is 3.05. The number of H-pyrrole nitrogens is 1. The van der Waals surface area contributed by atoms with Crippen LogP contribution in [0.4, 0.5) is 5.69 Å². The number of benzene rings is 1. The minimum atomic E-state index is -1.82. The lowest BCUT2D eigenvalue weighted by molar-refractivity contribution is -0.159. The quantitative estimate of drug-likeness (QED) is 0.479. The van der Waals surface area contributed by atoms with Gasteiger partial charge in [-0.25, -0.2) is 14.6 Å². The molecule has 124 valence electrons. The van der Waals surface area contributed by atoms with Crippen molar-refractivity contribution < 1.29 is 19.8 Å². The number of hydrogen-bond donors (Lipinski definition) is 4. The molecule has 4 N–H and O–H groups in total. The molecule has 0 amide bonds. The van der Waals surface area contributed by atoms with E-state index >= 15 is 0 Å². The molecule has 0 aliphatic carbocycles. The van der Waals surface area contributed by atoms with Crippen molar-refractivity contribution in [3.63, 3.8) is 0 Å². The second-order valence-electron chi connectivity index (χ2n) is 4.76. The Morgan fingerprint density at radius 2 is 2.00 bits per heavy atom. The summed E-state index contributed by atoms with van der Waals surface area (Å²) in [6.45, 7) is 3.16. The van der Waals surface area contributed by atoms with Crippen molar-refractivity contribution in [2.24, 2.45) is 0 Å². The first kappa shape index (κ1) is 18.2. The SMILES string of the molecule is CCc1cccc(NCCCc2c[nH]cn2)c1.O=C(O)C(=O)O. The van der Waals surface area contributed by atoms with E-state index in [4.69, 9.17) is 19.8 Å². The lowest BCUT2D eigenvalue weighted by Gasteiger charge is -2.07. The first-order chi connectivity index (χ1) is 11.0. The van der Waals surface area contributed by atoms with Gasteiger partial charge in [-0.3, -0.25) is 0 Å². The summed E-state index contributed by atoms with van der Waals surface area (Å²) in [4.78, 5) is 25.4. The predicted molar refractivity (Wildman–Crippen MR) is 86.5 cm³/mol. The number of aryl methyl sites for hydroxylation is 2. The van der Waals surface area contributed by atoms with Crippen molar-refractivity contribution in [3.8, 4) is 0 Å². The van der Waals surface area contributed by atoms with Crippen LogP contribution >= 0.6 is 0 Å². The number of nitrogens with one attached hydrogen (secondary N) is 2. The van der Waals surface area contributed by atoms with Crippen LogP contribution in [0.1, 0.15) is 24.6 Å². The molecule has 0 radical (unpaired) electrons. The maximum Gasteiger partial charge on any atom is 0.414 e. The molecule has 7 heteroatoms. The van der Waals surface area contributed by atoms with Gasteiger partial charge in [0, 0.05) is 18.4 Å². The molecule has 0 spiro atoms. The molecule has 23 heavy (non-hydrogen) atoms. The molecule has 1 aromatic carbocycles. The highest BCUT2D eigenvalue weighted by Crippen LogP contribution is 2.11. The lowest BCUT2D eigenvalue weighted by atomic mass is 10.1. The molecule has 0 saturated carbocycles. The lowest BCUT2D eigenvalue weighted by Crippen LogP contribution is -2.09. The van der Waals surface area contributed by atoms with Crippen LogP contribution in [0.5, 0.6) is 0 Å². The van der Waals surface area contributed by atoms with E-state index in [1.54, 1.807) is 6.33 Å². The number of aromatic nitrogens is 2. The summed E-state index contributed by atoms with van der Waals surface area (Å²) >= 11 is 0. The zero-order chi connectivity index (χ0) is 17.1. The van der Waals surface area contributed by atoms with Crippen LogP contribution < -0.4 is 5.32 Å². The number of anilines is 1. The van der Waals surface area contributed by atoms with Crippen LogP contribution in [0.15, 0.2) is 36.8 Å². The van der Waals surface area contributed by atoms with Crippen LogP contribution in [-0.4, -0.2) is 38.7 Å². The number of aliphatic carboxylic acids is 2. The Labute approximate surface area is 134 Å². The van der Waals surface area contributed by atoms with Crippen LogP contribution in [0, 0.1) is 0 Å². The van der Waals surface area contributed by atoms with Crippen LogP contribution in [0.2, 0.25) is 0 Å². The summed E-state index contributed by atoms with van der Waals surface area (Å²) in [5, 5.41) is 18.2. The van der Waals surface area contributed by atoms with Gasteiger partial charge in [0.15, 0.2) is 0 Å². The number of imidazole rings is 1. The van der Waals surface area contributed by atoms with E-state index < -0.39 is 11.9 Å². The van der Waals surface area contributed by atoms with Crippen LogP contribution in [0.25, 0.3) is 0 Å². The van der Waals surface area contributed by atoms with E-state index in [-0.39, 0.29) is 0 Å². The minimum Gasteiger partial charge on any atom is -0.473 e. The molecule has 0 aliphatic heterocycles. The number of carboxylic acid groups (broad SMARTS) is 2. The van der Waals surface area contributed by atoms with Crippen molar-refractivity contribution in [2.45, 2.75) is 26.2 Å². The van der Waals surface area contributed by atoms with Crippen LogP contribution in [-0.2, 0) is 22.4 Å². The summed E-state index contributed by atoms with van der Waals surface area (Å²) in [5.41, 5.74) is 3.72. The molecular weight excluding hydrogens is 298 g/mol. The van der Waals surface area contributed by atoms with Gasteiger partial charge in [-0.1, -0.05) is 19.1 Å². The van der Waals surface area contributed by atoms with Crippen molar-refractivity contribution >= 4 is 17.6 Å². The Bertz CT molecular complexity index is 600. The van der Waals surface area contributed by atoms with E-state index in [2.05, 4.69) is 46.5 Å². The van der Waals surface area contributed by atoms with Crippen molar-refractivity contribution in [2.75, 3.05) is 11.9 Å². The molecule has 1 aromatic heterocycles. The van der Waals surface area contributed by atoms with Gasteiger partial charge in [-0.2, -0.15) is 0 Å². The van der Waals surface area contributed by atoms with E-state index in [1.807, 2.05) is 6.20 Å². The summed E-state index contributed by atoms with van der Waals surface area (Å²) in [6, 6.07) is 8.60. The maximum absolute atomic E-state index is 9.10. The second-order valence-corrected chi connectivity index (χ2v) is 4.76. The van der Waals surface area contributed by atoms with Gasteiger partial charge in [0.25, 0.3) is 0 Å². The fraction of sp³-hybridized carbons (Fsp3) is 0.312. The molecule has 2 rings (SSSR count). The summed E-state index contributed by atoms with van der Waals surface area (Å²) < 4.78 is 0. The first-order valence-corrected chi connectivity index (χ1v) is 7.29. The molecular formula is C16H21N3O4. The topological polar surface area (TPSA) is 115 Å². The third-order valence-electron chi connectivity index (χ3n) is 3.01. The number of carbonyl (C=O) groups is 2. The van der Waals surface area contributed by atoms with E-state index in [9.17, 15) is 0 Å². The maximum atomic E-state index is 9.10. The van der Waals surface area contributed by atoms with Crippen LogP contribution in [0.3, 0.4) is 0 Å². The van der Waals surface area contributed by atoms with Gasteiger partial charge < -0.3 is 20.5 Å². The van der Waals surface area contributed by atoms with Gasteiger partial charge in [0.2, 0.25) is 0 Å². The summed E-state index contributed by atoms with van der Waals surface area (Å²) in [7, 11) is 0. The fourth-order valence-electron chi connectivity index (χ4n) is 1.83. The minimum absolute atomic E-state index is 0.986. The molecule has 0 fully saturated rings. The molecule has 0 unspecified atom stereocenters. The number of aromatic amines is 1. The average molecular weight is 319 g/mol. The van der Waals surface area contributed by atoms with E-state index in [1.165, 1.54) is 11.3 Å². The zero-order valence-electron chi connectivity index (χ0n) is 13.0. The molecule has 2 aromatic rings. The van der Waals surface area contributed by atoms with Gasteiger partial charge in [0.05, 0.1) is 12.0 Å². The Hall–Kier alpha value is -2.83. The largest absolute Gasteiger partial charge is 0.473 e. The highest BCUT2D eigenvalue weighted by atomic mass is 16.4. The number of hydrogen-bond acceptors (Lipinski definition) is 4. The van der Waals surface area contributed by atoms with Crippen molar-refractivity contribution in [3.05, 3.63) is 48.0 Å². The highest BCUT2D eigenvalue weighted by molar-refractivity contribution is 6.27. The first-order valence-electron chi connectivity index (χ1n) is 7.29. The van der Waals surface area contributed by atoms with Gasteiger partial charge in [0.1, 0.15) is 0 Å².